The smallest absolute Gasteiger partial charge is 0.243 e. The van der Waals surface area contributed by atoms with Gasteiger partial charge in [0, 0.05) is 25.2 Å². The number of nitrogens with zero attached hydrogens (tertiary/aromatic N) is 1. The molecule has 27 heavy (non-hydrogen) atoms. The zero-order chi connectivity index (χ0) is 19.8. The quantitative estimate of drug-likeness (QED) is 0.694. The molecule has 0 aliphatic heterocycles. The van der Waals surface area contributed by atoms with Gasteiger partial charge in [-0.3, -0.25) is 9.59 Å². The second kappa shape index (κ2) is 10.3. The SMILES string of the molecule is CC(C)CC(=O)NC(C(=O)NCc1ccnc(OC2CCCC2)c1)C(C)C. The van der Waals surface area contributed by atoms with Gasteiger partial charge in [0.05, 0.1) is 0 Å². The van der Waals surface area contributed by atoms with Gasteiger partial charge in [-0.25, -0.2) is 4.98 Å². The van der Waals surface area contributed by atoms with Crippen molar-refractivity contribution in [1.82, 2.24) is 15.6 Å². The molecule has 1 aliphatic carbocycles. The van der Waals surface area contributed by atoms with E-state index in [0.29, 0.717) is 18.8 Å². The molecule has 1 saturated carbocycles. The molecule has 1 fully saturated rings. The van der Waals surface area contributed by atoms with E-state index in [4.69, 9.17) is 4.74 Å². The number of amides is 2. The maximum absolute atomic E-state index is 12.6. The highest BCUT2D eigenvalue weighted by Crippen LogP contribution is 2.23. The summed E-state index contributed by atoms with van der Waals surface area (Å²) in [6.45, 7) is 8.21. The monoisotopic (exact) mass is 375 g/mol. The molecule has 1 aromatic rings. The van der Waals surface area contributed by atoms with Crippen LogP contribution >= 0.6 is 0 Å². The van der Waals surface area contributed by atoms with Crippen molar-refractivity contribution in [3.05, 3.63) is 23.9 Å². The second-order valence-electron chi connectivity index (χ2n) is 8.13. The second-order valence-corrected chi connectivity index (χ2v) is 8.13. The first kappa shape index (κ1) is 21.2. The standard InChI is InChI=1S/C21H33N3O3/c1-14(2)11-18(25)24-20(15(3)4)21(26)23-13-16-9-10-22-19(12-16)27-17-7-5-6-8-17/h9-10,12,14-15,17,20H,5-8,11,13H2,1-4H3,(H,23,26)(H,24,25). The number of ether oxygens (including phenoxy) is 1. The number of hydrogen-bond donors (Lipinski definition) is 2. The van der Waals surface area contributed by atoms with Gasteiger partial charge in [0.1, 0.15) is 12.1 Å². The van der Waals surface area contributed by atoms with Crippen LogP contribution in [-0.4, -0.2) is 28.9 Å². The van der Waals surface area contributed by atoms with E-state index in [1.54, 1.807) is 6.20 Å². The summed E-state index contributed by atoms with van der Waals surface area (Å²) in [6, 6.07) is 3.21. The van der Waals surface area contributed by atoms with E-state index < -0.39 is 6.04 Å². The van der Waals surface area contributed by atoms with Crippen molar-refractivity contribution in [1.29, 1.82) is 0 Å². The highest BCUT2D eigenvalue weighted by molar-refractivity contribution is 5.87. The summed E-state index contributed by atoms with van der Waals surface area (Å²) in [5, 5.41) is 5.78. The van der Waals surface area contributed by atoms with Crippen LogP contribution in [0.15, 0.2) is 18.3 Å². The summed E-state index contributed by atoms with van der Waals surface area (Å²) >= 11 is 0. The Morgan fingerprint density at radius 2 is 1.93 bits per heavy atom. The summed E-state index contributed by atoms with van der Waals surface area (Å²) < 4.78 is 5.92. The average Bonchev–Trinajstić information content (AvgIpc) is 3.10. The first-order chi connectivity index (χ1) is 12.8. The normalized spacial score (nSPS) is 15.8. The fourth-order valence-corrected chi connectivity index (χ4v) is 3.24. The molecule has 1 unspecified atom stereocenters. The molecule has 6 nitrogen and oxygen atoms in total. The van der Waals surface area contributed by atoms with Gasteiger partial charge in [-0.2, -0.15) is 0 Å². The van der Waals surface area contributed by atoms with Crippen LogP contribution in [0.5, 0.6) is 5.88 Å². The number of rotatable bonds is 9. The highest BCUT2D eigenvalue weighted by atomic mass is 16.5. The van der Waals surface area contributed by atoms with Crippen LogP contribution in [0.25, 0.3) is 0 Å². The third kappa shape index (κ3) is 7.19. The predicted octanol–water partition coefficient (Wildman–Crippen LogP) is 3.21. The zero-order valence-electron chi connectivity index (χ0n) is 17.0. The van der Waals surface area contributed by atoms with E-state index in [9.17, 15) is 9.59 Å². The number of nitrogens with one attached hydrogen (secondary N) is 2. The Balaban J connectivity index is 1.89. The van der Waals surface area contributed by atoms with Crippen molar-refractivity contribution < 1.29 is 14.3 Å². The predicted molar refractivity (Wildman–Crippen MR) is 105 cm³/mol. The first-order valence-corrected chi connectivity index (χ1v) is 10.0. The molecule has 0 aromatic carbocycles. The molecular formula is C21H33N3O3. The van der Waals surface area contributed by atoms with E-state index in [1.807, 2.05) is 39.8 Å². The molecule has 0 spiro atoms. The summed E-state index contributed by atoms with van der Waals surface area (Å²) in [5.41, 5.74) is 0.933. The van der Waals surface area contributed by atoms with Crippen molar-refractivity contribution >= 4 is 11.8 Å². The van der Waals surface area contributed by atoms with Gasteiger partial charge in [0.25, 0.3) is 0 Å². The lowest BCUT2D eigenvalue weighted by Gasteiger charge is -2.22. The van der Waals surface area contributed by atoms with Crippen LogP contribution in [0.3, 0.4) is 0 Å². The van der Waals surface area contributed by atoms with Crippen LogP contribution in [0, 0.1) is 11.8 Å². The Labute approximate surface area is 162 Å². The minimum atomic E-state index is -0.535. The van der Waals surface area contributed by atoms with Gasteiger partial charge in [-0.05, 0) is 49.1 Å². The number of hydrogen-bond acceptors (Lipinski definition) is 4. The molecule has 150 valence electrons. The summed E-state index contributed by atoms with van der Waals surface area (Å²) in [4.78, 5) is 28.9. The molecule has 6 heteroatoms. The average molecular weight is 376 g/mol. The van der Waals surface area contributed by atoms with Crippen molar-refractivity contribution in [2.75, 3.05) is 0 Å². The minimum Gasteiger partial charge on any atom is -0.474 e. The van der Waals surface area contributed by atoms with Crippen LogP contribution < -0.4 is 15.4 Å². The zero-order valence-corrected chi connectivity index (χ0v) is 17.0. The molecular weight excluding hydrogens is 342 g/mol. The Bertz CT molecular complexity index is 625. The summed E-state index contributed by atoms with van der Waals surface area (Å²) in [6.07, 6.45) is 6.95. The van der Waals surface area contributed by atoms with E-state index in [2.05, 4.69) is 15.6 Å². The highest BCUT2D eigenvalue weighted by Gasteiger charge is 2.24. The molecule has 1 aromatic heterocycles. The van der Waals surface area contributed by atoms with Crippen LogP contribution in [0.4, 0.5) is 0 Å². The van der Waals surface area contributed by atoms with Crippen LogP contribution in [0.1, 0.15) is 65.4 Å². The Morgan fingerprint density at radius 1 is 1.22 bits per heavy atom. The molecule has 2 N–H and O–H groups in total. The Hall–Kier alpha value is -2.11. The van der Waals surface area contributed by atoms with E-state index in [-0.39, 0.29) is 29.8 Å². The summed E-state index contributed by atoms with van der Waals surface area (Å²) in [7, 11) is 0. The lowest BCUT2D eigenvalue weighted by atomic mass is 10.0. The number of pyridine rings is 1. The maximum Gasteiger partial charge on any atom is 0.243 e. The van der Waals surface area contributed by atoms with E-state index in [1.165, 1.54) is 12.8 Å². The third-order valence-corrected chi connectivity index (χ3v) is 4.71. The topological polar surface area (TPSA) is 80.3 Å². The van der Waals surface area contributed by atoms with Gasteiger partial charge in [0.2, 0.25) is 17.7 Å². The molecule has 0 radical (unpaired) electrons. The molecule has 2 rings (SSSR count). The third-order valence-electron chi connectivity index (χ3n) is 4.71. The molecule has 1 heterocycles. The van der Waals surface area contributed by atoms with Crippen molar-refractivity contribution in [3.63, 3.8) is 0 Å². The van der Waals surface area contributed by atoms with Crippen molar-refractivity contribution in [2.24, 2.45) is 11.8 Å². The largest absolute Gasteiger partial charge is 0.474 e. The minimum absolute atomic E-state index is 0.0137. The molecule has 1 aliphatic rings. The number of carbonyl (C=O) groups is 2. The fourth-order valence-electron chi connectivity index (χ4n) is 3.24. The fraction of sp³-hybridized carbons (Fsp3) is 0.667. The number of carbonyl (C=O) groups excluding carboxylic acids is 2. The Kier molecular flexibility index (Phi) is 8.07. The van der Waals surface area contributed by atoms with Crippen molar-refractivity contribution in [3.8, 4) is 5.88 Å². The van der Waals surface area contributed by atoms with Crippen LogP contribution in [0.2, 0.25) is 0 Å². The van der Waals surface area contributed by atoms with Gasteiger partial charge in [-0.15, -0.1) is 0 Å². The first-order valence-electron chi connectivity index (χ1n) is 10.0. The molecule has 0 bridgehead atoms. The lowest BCUT2D eigenvalue weighted by Crippen LogP contribution is -2.49. The van der Waals surface area contributed by atoms with Gasteiger partial charge >= 0.3 is 0 Å². The number of aromatic nitrogens is 1. The molecule has 2 amide bonds. The van der Waals surface area contributed by atoms with E-state index >= 15 is 0 Å². The molecule has 0 saturated heterocycles. The Morgan fingerprint density at radius 3 is 2.56 bits per heavy atom. The van der Waals surface area contributed by atoms with Gasteiger partial charge in [-0.1, -0.05) is 27.7 Å². The van der Waals surface area contributed by atoms with Gasteiger partial charge in [0.15, 0.2) is 0 Å². The van der Waals surface area contributed by atoms with E-state index in [0.717, 1.165) is 18.4 Å². The lowest BCUT2D eigenvalue weighted by molar-refractivity contribution is -0.130. The molecule has 1 atom stereocenters. The summed E-state index contributed by atoms with van der Waals surface area (Å²) in [5.74, 6) is 0.627. The van der Waals surface area contributed by atoms with Crippen LogP contribution in [-0.2, 0) is 16.1 Å². The van der Waals surface area contributed by atoms with Crippen molar-refractivity contribution in [2.45, 2.75) is 78.5 Å². The van der Waals surface area contributed by atoms with Gasteiger partial charge < -0.3 is 15.4 Å². The maximum atomic E-state index is 12.6.